The van der Waals surface area contributed by atoms with Gasteiger partial charge in [-0.1, -0.05) is 18.2 Å². The van der Waals surface area contributed by atoms with Crippen LogP contribution >= 0.6 is 0 Å². The summed E-state index contributed by atoms with van der Waals surface area (Å²) in [5.41, 5.74) is 1.82. The van der Waals surface area contributed by atoms with Gasteiger partial charge in [0, 0.05) is 23.9 Å². The molecular weight excluding hydrogens is 318 g/mol. The molecule has 0 aliphatic carbocycles. The van der Waals surface area contributed by atoms with Gasteiger partial charge in [0.1, 0.15) is 5.75 Å². The number of nitrogens with zero attached hydrogens (tertiary/aromatic N) is 1. The lowest BCUT2D eigenvalue weighted by Gasteiger charge is -2.04. The zero-order chi connectivity index (χ0) is 17.6. The van der Waals surface area contributed by atoms with Crippen molar-refractivity contribution in [3.63, 3.8) is 0 Å². The largest absolute Gasteiger partial charge is 0.497 e. The second-order valence-electron chi connectivity index (χ2n) is 5.51. The Labute approximate surface area is 145 Å². The molecule has 0 aliphatic rings. The first-order valence-electron chi connectivity index (χ1n) is 7.96. The van der Waals surface area contributed by atoms with E-state index in [9.17, 15) is 9.59 Å². The Morgan fingerprint density at radius 2 is 1.84 bits per heavy atom. The molecule has 3 rings (SSSR count). The quantitative estimate of drug-likeness (QED) is 0.724. The van der Waals surface area contributed by atoms with Crippen molar-refractivity contribution >= 4 is 5.91 Å². The van der Waals surface area contributed by atoms with Crippen LogP contribution < -0.4 is 15.6 Å². The summed E-state index contributed by atoms with van der Waals surface area (Å²) in [6, 6.07) is 16.2. The standard InChI is InChI=1S/C19H19N3O3/c1-25-17-9-7-16(8-10-17)22-19(24)15(13-21-22)11-12-20-18(23)14-5-3-2-4-6-14/h2-10,13,21H,11-12H2,1H3,(H,20,23). The Balaban J connectivity index is 1.63. The van der Waals surface area contributed by atoms with Gasteiger partial charge in [0.05, 0.1) is 12.8 Å². The monoisotopic (exact) mass is 337 g/mol. The lowest BCUT2D eigenvalue weighted by Crippen LogP contribution is -2.27. The van der Waals surface area contributed by atoms with Gasteiger partial charge in [-0.3, -0.25) is 14.7 Å². The Morgan fingerprint density at radius 1 is 1.12 bits per heavy atom. The fourth-order valence-electron chi connectivity index (χ4n) is 2.51. The molecule has 0 saturated carbocycles. The van der Waals surface area contributed by atoms with Crippen molar-refractivity contribution in [3.05, 3.63) is 82.3 Å². The molecule has 0 unspecified atom stereocenters. The van der Waals surface area contributed by atoms with E-state index in [-0.39, 0.29) is 11.5 Å². The summed E-state index contributed by atoms with van der Waals surface area (Å²) in [5, 5.41) is 5.77. The first-order chi connectivity index (χ1) is 12.2. The third kappa shape index (κ3) is 3.80. The number of hydrogen-bond donors (Lipinski definition) is 2. The number of H-pyrrole nitrogens is 1. The number of nitrogens with one attached hydrogen (secondary N) is 2. The summed E-state index contributed by atoms with van der Waals surface area (Å²) >= 11 is 0. The molecule has 3 aromatic rings. The highest BCUT2D eigenvalue weighted by atomic mass is 16.5. The van der Waals surface area contributed by atoms with Gasteiger partial charge in [-0.05, 0) is 42.8 Å². The van der Waals surface area contributed by atoms with Crippen LogP contribution in [0.25, 0.3) is 5.69 Å². The van der Waals surface area contributed by atoms with Gasteiger partial charge < -0.3 is 10.1 Å². The normalized spacial score (nSPS) is 10.4. The maximum Gasteiger partial charge on any atom is 0.274 e. The van der Waals surface area contributed by atoms with E-state index >= 15 is 0 Å². The highest BCUT2D eigenvalue weighted by Gasteiger charge is 2.09. The highest BCUT2D eigenvalue weighted by molar-refractivity contribution is 5.94. The van der Waals surface area contributed by atoms with Gasteiger partial charge >= 0.3 is 0 Å². The predicted molar refractivity (Wildman–Crippen MR) is 95.4 cm³/mol. The molecule has 2 N–H and O–H groups in total. The maximum atomic E-state index is 12.5. The van der Waals surface area contributed by atoms with Crippen molar-refractivity contribution in [3.8, 4) is 11.4 Å². The summed E-state index contributed by atoms with van der Waals surface area (Å²) < 4.78 is 6.58. The first-order valence-corrected chi connectivity index (χ1v) is 7.96. The van der Waals surface area contributed by atoms with E-state index in [4.69, 9.17) is 4.74 Å². The van der Waals surface area contributed by atoms with Crippen LogP contribution in [0.3, 0.4) is 0 Å². The SMILES string of the molecule is COc1ccc(-n2[nH]cc(CCNC(=O)c3ccccc3)c2=O)cc1. The molecule has 6 nitrogen and oxygen atoms in total. The van der Waals surface area contributed by atoms with Crippen molar-refractivity contribution in [2.24, 2.45) is 0 Å². The molecule has 1 aromatic heterocycles. The Bertz CT molecular complexity index is 896. The number of rotatable bonds is 6. The summed E-state index contributed by atoms with van der Waals surface area (Å²) in [5.74, 6) is 0.582. The Morgan fingerprint density at radius 3 is 2.52 bits per heavy atom. The van der Waals surface area contributed by atoms with Gasteiger partial charge in [0.2, 0.25) is 0 Å². The van der Waals surface area contributed by atoms with Crippen molar-refractivity contribution in [1.82, 2.24) is 15.1 Å². The molecule has 0 atom stereocenters. The number of aromatic amines is 1. The molecule has 1 amide bonds. The van der Waals surface area contributed by atoms with E-state index < -0.39 is 0 Å². The van der Waals surface area contributed by atoms with Gasteiger partial charge in [-0.15, -0.1) is 0 Å². The van der Waals surface area contributed by atoms with Crippen LogP contribution in [0.2, 0.25) is 0 Å². The third-order valence-corrected chi connectivity index (χ3v) is 3.89. The molecule has 25 heavy (non-hydrogen) atoms. The van der Waals surface area contributed by atoms with Crippen LogP contribution in [0, 0.1) is 0 Å². The van der Waals surface area contributed by atoms with Crippen molar-refractivity contribution in [1.29, 1.82) is 0 Å². The summed E-state index contributed by atoms with van der Waals surface area (Å²) in [7, 11) is 1.59. The number of carbonyl (C=O) groups is 1. The number of benzene rings is 2. The van der Waals surface area contributed by atoms with E-state index in [0.29, 0.717) is 24.1 Å². The second-order valence-corrected chi connectivity index (χ2v) is 5.51. The molecule has 0 radical (unpaired) electrons. The fourth-order valence-corrected chi connectivity index (χ4v) is 2.51. The zero-order valence-corrected chi connectivity index (χ0v) is 13.9. The second kappa shape index (κ2) is 7.53. The van der Waals surface area contributed by atoms with Crippen LogP contribution in [0.1, 0.15) is 15.9 Å². The van der Waals surface area contributed by atoms with Crippen LogP contribution in [-0.2, 0) is 6.42 Å². The van der Waals surface area contributed by atoms with Gasteiger partial charge in [0.25, 0.3) is 11.5 Å². The van der Waals surface area contributed by atoms with E-state index in [1.165, 1.54) is 4.68 Å². The minimum Gasteiger partial charge on any atom is -0.497 e. The predicted octanol–water partition coefficient (Wildman–Crippen LogP) is 2.15. The fraction of sp³-hybridized carbons (Fsp3) is 0.158. The number of hydrogen-bond acceptors (Lipinski definition) is 3. The molecule has 0 fully saturated rings. The number of aromatic nitrogens is 2. The van der Waals surface area contributed by atoms with Gasteiger partial charge in [0.15, 0.2) is 0 Å². The lowest BCUT2D eigenvalue weighted by molar-refractivity contribution is 0.0954. The third-order valence-electron chi connectivity index (χ3n) is 3.89. The molecule has 0 spiro atoms. The molecular formula is C19H19N3O3. The molecule has 0 bridgehead atoms. The molecule has 2 aromatic carbocycles. The molecule has 1 heterocycles. The maximum absolute atomic E-state index is 12.5. The van der Waals surface area contributed by atoms with Gasteiger partial charge in [-0.2, -0.15) is 0 Å². The van der Waals surface area contributed by atoms with Crippen LogP contribution in [0.15, 0.2) is 65.6 Å². The minimum absolute atomic E-state index is 0.126. The van der Waals surface area contributed by atoms with Gasteiger partial charge in [-0.25, -0.2) is 4.68 Å². The van der Waals surface area contributed by atoms with E-state index in [0.717, 1.165) is 11.4 Å². The summed E-state index contributed by atoms with van der Waals surface area (Å²) in [6.07, 6.45) is 2.12. The van der Waals surface area contributed by atoms with E-state index in [1.807, 2.05) is 18.2 Å². The Kier molecular flexibility index (Phi) is 4.99. The van der Waals surface area contributed by atoms with Crippen LogP contribution in [0.5, 0.6) is 5.75 Å². The average Bonchev–Trinajstić information content (AvgIpc) is 3.03. The minimum atomic E-state index is -0.147. The van der Waals surface area contributed by atoms with Crippen LogP contribution in [-0.4, -0.2) is 29.3 Å². The van der Waals surface area contributed by atoms with Crippen molar-refractivity contribution in [2.45, 2.75) is 6.42 Å². The number of methoxy groups -OCH3 is 1. The molecule has 0 aliphatic heterocycles. The van der Waals surface area contributed by atoms with Crippen molar-refractivity contribution < 1.29 is 9.53 Å². The summed E-state index contributed by atoms with van der Waals surface area (Å²) in [4.78, 5) is 24.5. The molecule has 6 heteroatoms. The number of carbonyl (C=O) groups excluding carboxylic acids is 1. The highest BCUT2D eigenvalue weighted by Crippen LogP contribution is 2.13. The van der Waals surface area contributed by atoms with Crippen molar-refractivity contribution in [2.75, 3.05) is 13.7 Å². The average molecular weight is 337 g/mol. The lowest BCUT2D eigenvalue weighted by atomic mass is 10.2. The van der Waals surface area contributed by atoms with E-state index in [1.54, 1.807) is 49.7 Å². The van der Waals surface area contributed by atoms with Crippen LogP contribution in [0.4, 0.5) is 0 Å². The summed E-state index contributed by atoms with van der Waals surface area (Å²) in [6.45, 7) is 0.392. The Hall–Kier alpha value is -3.28. The number of amides is 1. The van der Waals surface area contributed by atoms with E-state index in [2.05, 4.69) is 10.4 Å². The zero-order valence-electron chi connectivity index (χ0n) is 13.9. The first kappa shape index (κ1) is 16.6. The topological polar surface area (TPSA) is 76.1 Å². The number of ether oxygens (including phenoxy) is 1. The molecule has 0 saturated heterocycles. The molecule has 128 valence electrons. The smallest absolute Gasteiger partial charge is 0.274 e.